The van der Waals surface area contributed by atoms with Gasteiger partial charge in [-0.1, -0.05) is 13.8 Å². The largest absolute Gasteiger partial charge is 0.328 e. The van der Waals surface area contributed by atoms with Crippen LogP contribution in [-0.4, -0.2) is 9.55 Å². The van der Waals surface area contributed by atoms with Crippen molar-refractivity contribution in [1.29, 1.82) is 0 Å². The first-order chi connectivity index (χ1) is 6.54. The van der Waals surface area contributed by atoms with E-state index in [1.807, 2.05) is 13.8 Å². The number of H-pyrrole nitrogens is 1. The third-order valence-corrected chi connectivity index (χ3v) is 2.02. The summed E-state index contributed by atoms with van der Waals surface area (Å²) in [7, 11) is 0. The minimum absolute atomic E-state index is 0.216. The lowest BCUT2D eigenvalue weighted by molar-refractivity contribution is 0.609. The van der Waals surface area contributed by atoms with Gasteiger partial charge in [-0.2, -0.15) is 0 Å². The van der Waals surface area contributed by atoms with Gasteiger partial charge < -0.3 is 4.98 Å². The zero-order valence-electron chi connectivity index (χ0n) is 8.83. The Kier molecular flexibility index (Phi) is 3.28. The molecule has 0 aliphatic rings. The third kappa shape index (κ3) is 2.34. The number of nitrogens with one attached hydrogen (secondary N) is 1. The quantitative estimate of drug-likeness (QED) is 0.775. The molecule has 0 saturated carbocycles. The Morgan fingerprint density at radius 3 is 2.50 bits per heavy atom. The number of aromatic amines is 1. The molecule has 1 rings (SSSR count). The predicted molar refractivity (Wildman–Crippen MR) is 55.5 cm³/mol. The van der Waals surface area contributed by atoms with Crippen LogP contribution in [0.2, 0.25) is 0 Å². The highest BCUT2D eigenvalue weighted by Gasteiger charge is 2.03. The van der Waals surface area contributed by atoms with E-state index in [0.29, 0.717) is 12.5 Å². The van der Waals surface area contributed by atoms with Gasteiger partial charge in [-0.15, -0.1) is 0 Å². The molecule has 0 aliphatic heterocycles. The van der Waals surface area contributed by atoms with Crippen LogP contribution in [0.25, 0.3) is 0 Å². The summed E-state index contributed by atoms with van der Waals surface area (Å²) in [5, 5.41) is 0. The number of hydrogen-bond donors (Lipinski definition) is 1. The van der Waals surface area contributed by atoms with Crippen molar-refractivity contribution in [3.63, 3.8) is 0 Å². The van der Waals surface area contributed by atoms with Crippen LogP contribution in [0.3, 0.4) is 0 Å². The number of hydrogen-bond acceptors (Lipinski definition) is 2. The average Bonchev–Trinajstić information content (AvgIpc) is 2.01. The second-order valence-corrected chi connectivity index (χ2v) is 3.78. The SMILES string of the molecule is CCn1c(=O)cc(CC(C)C)[nH]c1=O. The second kappa shape index (κ2) is 4.26. The summed E-state index contributed by atoms with van der Waals surface area (Å²) in [5.74, 6) is 0.433. The van der Waals surface area contributed by atoms with Crippen molar-refractivity contribution in [1.82, 2.24) is 9.55 Å². The fourth-order valence-electron chi connectivity index (χ4n) is 1.42. The average molecular weight is 196 g/mol. The molecule has 0 fully saturated rings. The molecule has 0 spiro atoms. The highest BCUT2D eigenvalue weighted by atomic mass is 16.2. The van der Waals surface area contributed by atoms with Crippen molar-refractivity contribution in [2.24, 2.45) is 5.92 Å². The summed E-state index contributed by atoms with van der Waals surface area (Å²) in [6, 6.07) is 1.50. The van der Waals surface area contributed by atoms with Crippen molar-refractivity contribution in [3.05, 3.63) is 32.6 Å². The molecule has 4 nitrogen and oxygen atoms in total. The molecule has 0 aromatic carbocycles. The van der Waals surface area contributed by atoms with Crippen LogP contribution in [0.1, 0.15) is 26.5 Å². The van der Waals surface area contributed by atoms with Gasteiger partial charge in [0, 0.05) is 18.3 Å². The maximum Gasteiger partial charge on any atom is 0.328 e. The van der Waals surface area contributed by atoms with Gasteiger partial charge in [-0.05, 0) is 19.3 Å². The highest BCUT2D eigenvalue weighted by Crippen LogP contribution is 2.00. The van der Waals surface area contributed by atoms with Crippen LogP contribution in [0.5, 0.6) is 0 Å². The fourth-order valence-corrected chi connectivity index (χ4v) is 1.42. The van der Waals surface area contributed by atoms with Gasteiger partial charge in [0.25, 0.3) is 5.56 Å². The molecule has 14 heavy (non-hydrogen) atoms. The molecule has 4 heteroatoms. The molecule has 0 aliphatic carbocycles. The molecule has 1 heterocycles. The van der Waals surface area contributed by atoms with E-state index in [4.69, 9.17) is 0 Å². The van der Waals surface area contributed by atoms with E-state index in [1.54, 1.807) is 6.92 Å². The number of nitrogens with zero attached hydrogens (tertiary/aromatic N) is 1. The van der Waals surface area contributed by atoms with Crippen molar-refractivity contribution < 1.29 is 0 Å². The molecule has 1 aromatic heterocycles. The Labute approximate surface area is 82.6 Å². The molecule has 0 bridgehead atoms. The number of aromatic nitrogens is 2. The Bertz CT molecular complexity index is 384. The standard InChI is InChI=1S/C10H16N2O2/c1-4-12-9(13)6-8(5-7(2)3)11-10(12)14/h6-7H,4-5H2,1-3H3,(H,11,14). The third-order valence-electron chi connectivity index (χ3n) is 2.02. The Hall–Kier alpha value is -1.32. The van der Waals surface area contributed by atoms with Crippen molar-refractivity contribution in [2.45, 2.75) is 33.7 Å². The van der Waals surface area contributed by atoms with Gasteiger partial charge in [0.1, 0.15) is 0 Å². The zero-order valence-corrected chi connectivity index (χ0v) is 8.83. The van der Waals surface area contributed by atoms with Gasteiger partial charge in [0.15, 0.2) is 0 Å². The molecule has 1 aromatic rings. The van der Waals surface area contributed by atoms with Crippen molar-refractivity contribution >= 4 is 0 Å². The lowest BCUT2D eigenvalue weighted by Gasteiger charge is -2.05. The van der Waals surface area contributed by atoms with Crippen molar-refractivity contribution in [3.8, 4) is 0 Å². The Balaban J connectivity index is 3.15. The monoisotopic (exact) mass is 196 g/mol. The first-order valence-electron chi connectivity index (χ1n) is 4.87. The van der Waals surface area contributed by atoms with Crippen molar-refractivity contribution in [2.75, 3.05) is 0 Å². The van der Waals surface area contributed by atoms with E-state index in [0.717, 1.165) is 12.1 Å². The molecular formula is C10H16N2O2. The van der Waals surface area contributed by atoms with Crippen LogP contribution in [0, 0.1) is 5.92 Å². The summed E-state index contributed by atoms with van der Waals surface area (Å²) in [6.07, 6.45) is 0.731. The fraction of sp³-hybridized carbons (Fsp3) is 0.600. The minimum atomic E-state index is -0.310. The van der Waals surface area contributed by atoms with Crippen LogP contribution in [0.15, 0.2) is 15.7 Å². The molecular weight excluding hydrogens is 180 g/mol. The van der Waals surface area contributed by atoms with Crippen LogP contribution < -0.4 is 11.2 Å². The van der Waals surface area contributed by atoms with E-state index in [1.165, 1.54) is 10.6 Å². The first-order valence-corrected chi connectivity index (χ1v) is 4.87. The lowest BCUT2D eigenvalue weighted by Crippen LogP contribution is -2.35. The smallest absolute Gasteiger partial charge is 0.311 e. The zero-order chi connectivity index (χ0) is 10.7. The van der Waals surface area contributed by atoms with E-state index in [2.05, 4.69) is 4.98 Å². The molecule has 0 unspecified atom stereocenters. The van der Waals surface area contributed by atoms with Crippen LogP contribution in [0.4, 0.5) is 0 Å². The minimum Gasteiger partial charge on any atom is -0.311 e. The summed E-state index contributed by atoms with van der Waals surface area (Å²) in [4.78, 5) is 25.5. The topological polar surface area (TPSA) is 54.9 Å². The predicted octanol–water partition coefficient (Wildman–Crippen LogP) is 0.755. The van der Waals surface area contributed by atoms with Gasteiger partial charge in [-0.25, -0.2) is 4.79 Å². The van der Waals surface area contributed by atoms with Gasteiger partial charge in [-0.3, -0.25) is 9.36 Å². The molecule has 0 radical (unpaired) electrons. The normalized spacial score (nSPS) is 10.9. The first kappa shape index (κ1) is 10.8. The summed E-state index contributed by atoms with van der Waals surface area (Å²) in [6.45, 7) is 6.28. The summed E-state index contributed by atoms with van der Waals surface area (Å²) < 4.78 is 1.18. The van der Waals surface area contributed by atoms with Gasteiger partial charge in [0.05, 0.1) is 0 Å². The summed E-state index contributed by atoms with van der Waals surface area (Å²) >= 11 is 0. The van der Waals surface area contributed by atoms with Gasteiger partial charge in [0.2, 0.25) is 0 Å². The van der Waals surface area contributed by atoms with E-state index >= 15 is 0 Å². The highest BCUT2D eigenvalue weighted by molar-refractivity contribution is 5.00. The molecule has 0 atom stereocenters. The molecule has 78 valence electrons. The van der Waals surface area contributed by atoms with Gasteiger partial charge >= 0.3 is 5.69 Å². The van der Waals surface area contributed by atoms with E-state index < -0.39 is 0 Å². The molecule has 0 amide bonds. The van der Waals surface area contributed by atoms with Crippen LogP contribution in [-0.2, 0) is 13.0 Å². The Morgan fingerprint density at radius 2 is 2.07 bits per heavy atom. The second-order valence-electron chi connectivity index (χ2n) is 3.78. The lowest BCUT2D eigenvalue weighted by atomic mass is 10.1. The maximum atomic E-state index is 11.4. The van der Waals surface area contributed by atoms with E-state index in [9.17, 15) is 9.59 Å². The van der Waals surface area contributed by atoms with Crippen LogP contribution >= 0.6 is 0 Å². The summed E-state index contributed by atoms with van der Waals surface area (Å²) in [5.41, 5.74) is 0.197. The maximum absolute atomic E-state index is 11.4. The Morgan fingerprint density at radius 1 is 1.43 bits per heavy atom. The van der Waals surface area contributed by atoms with E-state index in [-0.39, 0.29) is 11.2 Å². The number of rotatable bonds is 3. The molecule has 0 saturated heterocycles. The molecule has 1 N–H and O–H groups in total.